The zero-order valence-corrected chi connectivity index (χ0v) is 12.2. The minimum absolute atomic E-state index is 0.0224. The van der Waals surface area contributed by atoms with Gasteiger partial charge < -0.3 is 20.4 Å². The molecule has 6 heteroatoms. The highest BCUT2D eigenvalue weighted by molar-refractivity contribution is 5.84. The average Bonchev–Trinajstić information content (AvgIpc) is 2.88. The number of fused-ring (bicyclic) bond motifs is 1. The number of urea groups is 1. The van der Waals surface area contributed by atoms with Crippen LogP contribution in [-0.4, -0.2) is 67.0 Å². The van der Waals surface area contributed by atoms with Gasteiger partial charge in [0.1, 0.15) is 0 Å². The molecule has 112 valence electrons. The van der Waals surface area contributed by atoms with E-state index in [9.17, 15) is 9.59 Å². The summed E-state index contributed by atoms with van der Waals surface area (Å²) in [5.41, 5.74) is -0.177. The maximum atomic E-state index is 13.0. The lowest BCUT2D eigenvalue weighted by atomic mass is 9.75. The van der Waals surface area contributed by atoms with E-state index in [-0.39, 0.29) is 17.5 Å². The Morgan fingerprint density at radius 1 is 1.35 bits per heavy atom. The van der Waals surface area contributed by atoms with Crippen LogP contribution in [0.4, 0.5) is 4.79 Å². The Labute approximate surface area is 119 Å². The van der Waals surface area contributed by atoms with Gasteiger partial charge in [0.15, 0.2) is 0 Å². The number of rotatable bonds is 2. The molecular formula is C14H24N4O2. The molecule has 3 aliphatic rings. The Hall–Kier alpha value is -1.30. The Morgan fingerprint density at radius 2 is 2.10 bits per heavy atom. The second kappa shape index (κ2) is 5.24. The van der Waals surface area contributed by atoms with Crippen LogP contribution >= 0.6 is 0 Å². The molecule has 3 rings (SSSR count). The summed E-state index contributed by atoms with van der Waals surface area (Å²) in [6, 6.07) is 0.185. The lowest BCUT2D eigenvalue weighted by Gasteiger charge is -2.43. The van der Waals surface area contributed by atoms with E-state index in [4.69, 9.17) is 0 Å². The molecule has 0 spiro atoms. The van der Waals surface area contributed by atoms with Gasteiger partial charge in [0.25, 0.3) is 0 Å². The van der Waals surface area contributed by atoms with Crippen LogP contribution in [0, 0.1) is 5.41 Å². The summed E-state index contributed by atoms with van der Waals surface area (Å²) in [5, 5.41) is 6.20. The van der Waals surface area contributed by atoms with Gasteiger partial charge in [-0.2, -0.15) is 0 Å². The lowest BCUT2D eigenvalue weighted by Crippen LogP contribution is -2.58. The smallest absolute Gasteiger partial charge is 0.317 e. The summed E-state index contributed by atoms with van der Waals surface area (Å²) in [7, 11) is 0. The largest absolute Gasteiger partial charge is 0.338 e. The fourth-order valence-corrected chi connectivity index (χ4v) is 3.75. The molecule has 0 bridgehead atoms. The number of carbonyl (C=O) groups excluding carboxylic acids is 2. The van der Waals surface area contributed by atoms with E-state index in [0.717, 1.165) is 32.4 Å². The monoisotopic (exact) mass is 280 g/mol. The zero-order valence-electron chi connectivity index (χ0n) is 12.2. The fraction of sp³-hybridized carbons (Fsp3) is 0.857. The predicted octanol–water partition coefficient (Wildman–Crippen LogP) is 0.00220. The molecule has 20 heavy (non-hydrogen) atoms. The molecule has 0 aromatic heterocycles. The Bertz CT molecular complexity index is 406. The standard InChI is InChI=1S/C14H24N4O2/c1-2-14(3-5-15-6-4-14)12(19)17-7-8-18-11(10-17)9-16-13(18)20/h11,15H,2-10H2,1H3,(H,16,20). The number of amides is 3. The number of hydrogen-bond donors (Lipinski definition) is 2. The van der Waals surface area contributed by atoms with Crippen LogP contribution in [0.5, 0.6) is 0 Å². The third-order valence-corrected chi connectivity index (χ3v) is 5.21. The molecule has 0 aliphatic carbocycles. The van der Waals surface area contributed by atoms with E-state index in [0.29, 0.717) is 32.1 Å². The SMILES string of the molecule is CCC1(C(=O)N2CCN3C(=O)NCC3C2)CCNCC1. The molecule has 1 unspecified atom stereocenters. The highest BCUT2D eigenvalue weighted by Crippen LogP contribution is 2.35. The molecular weight excluding hydrogens is 256 g/mol. The molecule has 3 aliphatic heterocycles. The number of nitrogens with one attached hydrogen (secondary N) is 2. The second-order valence-electron chi connectivity index (χ2n) is 6.17. The highest BCUT2D eigenvalue weighted by atomic mass is 16.2. The maximum absolute atomic E-state index is 13.0. The number of carbonyl (C=O) groups is 2. The lowest BCUT2D eigenvalue weighted by molar-refractivity contribution is -0.146. The molecule has 2 N–H and O–H groups in total. The first-order valence-electron chi connectivity index (χ1n) is 7.71. The number of piperidine rings is 1. The van der Waals surface area contributed by atoms with Gasteiger partial charge in [-0.15, -0.1) is 0 Å². The first-order valence-corrected chi connectivity index (χ1v) is 7.71. The van der Waals surface area contributed by atoms with Crippen molar-refractivity contribution in [2.75, 3.05) is 39.3 Å². The topological polar surface area (TPSA) is 64.7 Å². The molecule has 0 aromatic rings. The molecule has 0 saturated carbocycles. The van der Waals surface area contributed by atoms with Gasteiger partial charge in [0, 0.05) is 26.2 Å². The van der Waals surface area contributed by atoms with E-state index in [1.165, 1.54) is 0 Å². The first kappa shape index (κ1) is 13.7. The van der Waals surface area contributed by atoms with E-state index in [1.807, 2.05) is 9.80 Å². The summed E-state index contributed by atoms with van der Waals surface area (Å²) < 4.78 is 0. The van der Waals surface area contributed by atoms with Crippen LogP contribution in [0.25, 0.3) is 0 Å². The van der Waals surface area contributed by atoms with Crippen LogP contribution in [0.3, 0.4) is 0 Å². The quantitative estimate of drug-likeness (QED) is 0.748. The molecule has 3 saturated heterocycles. The van der Waals surface area contributed by atoms with Gasteiger partial charge >= 0.3 is 6.03 Å². The maximum Gasteiger partial charge on any atom is 0.317 e. The van der Waals surface area contributed by atoms with Gasteiger partial charge in [-0.05, 0) is 32.4 Å². The van der Waals surface area contributed by atoms with Crippen LogP contribution in [-0.2, 0) is 4.79 Å². The normalized spacial score (nSPS) is 29.1. The summed E-state index contributed by atoms with van der Waals surface area (Å²) in [6.07, 6.45) is 2.78. The summed E-state index contributed by atoms with van der Waals surface area (Å²) in [6.45, 7) is 6.69. The van der Waals surface area contributed by atoms with E-state index >= 15 is 0 Å². The van der Waals surface area contributed by atoms with Crippen molar-refractivity contribution < 1.29 is 9.59 Å². The van der Waals surface area contributed by atoms with Crippen molar-refractivity contribution in [1.29, 1.82) is 0 Å². The van der Waals surface area contributed by atoms with Gasteiger partial charge in [-0.1, -0.05) is 6.92 Å². The van der Waals surface area contributed by atoms with Crippen molar-refractivity contribution >= 4 is 11.9 Å². The summed E-state index contributed by atoms with van der Waals surface area (Å²) in [4.78, 5) is 28.4. The van der Waals surface area contributed by atoms with Crippen LogP contribution in [0.15, 0.2) is 0 Å². The molecule has 3 heterocycles. The van der Waals surface area contributed by atoms with Crippen molar-refractivity contribution in [3.05, 3.63) is 0 Å². The third kappa shape index (κ3) is 2.16. The predicted molar refractivity (Wildman–Crippen MR) is 75.3 cm³/mol. The van der Waals surface area contributed by atoms with Crippen molar-refractivity contribution in [2.45, 2.75) is 32.2 Å². The average molecular weight is 280 g/mol. The molecule has 6 nitrogen and oxygen atoms in total. The van der Waals surface area contributed by atoms with Gasteiger partial charge in [0.05, 0.1) is 11.5 Å². The Balaban J connectivity index is 1.69. The van der Waals surface area contributed by atoms with Crippen molar-refractivity contribution in [2.24, 2.45) is 5.41 Å². The van der Waals surface area contributed by atoms with E-state index in [2.05, 4.69) is 17.6 Å². The van der Waals surface area contributed by atoms with Gasteiger partial charge in [0.2, 0.25) is 5.91 Å². The van der Waals surface area contributed by atoms with E-state index < -0.39 is 0 Å². The van der Waals surface area contributed by atoms with Crippen molar-refractivity contribution in [3.63, 3.8) is 0 Å². The molecule has 1 atom stereocenters. The van der Waals surface area contributed by atoms with Crippen LogP contribution in [0.1, 0.15) is 26.2 Å². The van der Waals surface area contributed by atoms with E-state index in [1.54, 1.807) is 0 Å². The number of hydrogen-bond acceptors (Lipinski definition) is 3. The summed E-state index contributed by atoms with van der Waals surface area (Å²) in [5.74, 6) is 0.306. The van der Waals surface area contributed by atoms with Crippen molar-refractivity contribution in [3.8, 4) is 0 Å². The Morgan fingerprint density at radius 3 is 2.80 bits per heavy atom. The van der Waals surface area contributed by atoms with Gasteiger partial charge in [-0.25, -0.2) is 4.79 Å². The minimum atomic E-state index is -0.177. The molecule has 3 amide bonds. The first-order chi connectivity index (χ1) is 9.66. The summed E-state index contributed by atoms with van der Waals surface area (Å²) >= 11 is 0. The number of nitrogens with zero attached hydrogens (tertiary/aromatic N) is 2. The third-order valence-electron chi connectivity index (χ3n) is 5.21. The van der Waals surface area contributed by atoms with Crippen LogP contribution < -0.4 is 10.6 Å². The zero-order chi connectivity index (χ0) is 14.2. The van der Waals surface area contributed by atoms with Crippen molar-refractivity contribution in [1.82, 2.24) is 20.4 Å². The number of piperazine rings is 1. The fourth-order valence-electron chi connectivity index (χ4n) is 3.75. The van der Waals surface area contributed by atoms with Gasteiger partial charge in [-0.3, -0.25) is 4.79 Å². The molecule has 0 radical (unpaired) electrons. The second-order valence-corrected chi connectivity index (χ2v) is 6.17. The van der Waals surface area contributed by atoms with Crippen LogP contribution in [0.2, 0.25) is 0 Å². The minimum Gasteiger partial charge on any atom is -0.338 e. The molecule has 3 fully saturated rings. The molecule has 0 aromatic carbocycles. The highest BCUT2D eigenvalue weighted by Gasteiger charge is 2.44. The Kier molecular flexibility index (Phi) is 3.58.